The summed E-state index contributed by atoms with van der Waals surface area (Å²) in [4.78, 5) is 19.9. The molecule has 0 saturated carbocycles. The van der Waals surface area contributed by atoms with Crippen LogP contribution in [0.25, 0.3) is 11.9 Å². The number of ether oxygens (including phenoxy) is 3. The predicted octanol–water partition coefficient (Wildman–Crippen LogP) is 3.75. The Morgan fingerprint density at radius 2 is 1.78 bits per heavy atom. The van der Waals surface area contributed by atoms with Gasteiger partial charge in [-0.25, -0.2) is 14.4 Å². The van der Waals surface area contributed by atoms with Crippen molar-refractivity contribution in [1.29, 1.82) is 0 Å². The van der Waals surface area contributed by atoms with Crippen molar-refractivity contribution in [3.63, 3.8) is 0 Å². The highest BCUT2D eigenvalue weighted by Crippen LogP contribution is 2.44. The van der Waals surface area contributed by atoms with Crippen molar-refractivity contribution in [2.45, 2.75) is 12.1 Å². The average Bonchev–Trinajstić information content (AvgIpc) is 3.21. The fraction of sp³-hybridized carbons (Fsp3) is 0.286. The van der Waals surface area contributed by atoms with E-state index in [1.165, 1.54) is 44.8 Å². The third-order valence-electron chi connectivity index (χ3n) is 4.69. The fourth-order valence-electron chi connectivity index (χ4n) is 3.05. The van der Waals surface area contributed by atoms with Gasteiger partial charge in [0.05, 0.1) is 55.1 Å². The minimum absolute atomic E-state index is 0.0140. The number of hydrogen-bond acceptors (Lipinski definition) is 7. The maximum Gasteiger partial charge on any atom is 0.243 e. The molecule has 11 heteroatoms. The maximum absolute atomic E-state index is 15.1. The van der Waals surface area contributed by atoms with Crippen molar-refractivity contribution in [3.05, 3.63) is 52.3 Å². The summed E-state index contributed by atoms with van der Waals surface area (Å²) in [5.74, 6) is -0.262. The molecule has 2 N–H and O–H groups in total. The van der Waals surface area contributed by atoms with E-state index in [9.17, 15) is 4.79 Å². The minimum atomic E-state index is -0.710. The molecule has 1 aliphatic rings. The molecule has 1 aromatic carbocycles. The summed E-state index contributed by atoms with van der Waals surface area (Å²) in [7, 11) is 2.81. The molecular formula is C21H21Cl2FN4O4. The van der Waals surface area contributed by atoms with Crippen LogP contribution in [0.2, 0.25) is 10.0 Å². The van der Waals surface area contributed by atoms with E-state index in [-0.39, 0.29) is 45.1 Å². The number of methoxy groups -OCH3 is 2. The lowest BCUT2D eigenvalue weighted by atomic mass is 10.1. The van der Waals surface area contributed by atoms with Gasteiger partial charge in [-0.1, -0.05) is 29.8 Å². The van der Waals surface area contributed by atoms with E-state index in [1.54, 1.807) is 0 Å². The molecule has 1 saturated heterocycles. The molecule has 8 nitrogen and oxygen atoms in total. The number of carbonyl (C=O) groups is 1. The molecule has 0 spiro atoms. The van der Waals surface area contributed by atoms with Crippen molar-refractivity contribution in [1.82, 2.24) is 15.3 Å². The summed E-state index contributed by atoms with van der Waals surface area (Å²) in [6.07, 6.45) is 5.25. The summed E-state index contributed by atoms with van der Waals surface area (Å²) < 4.78 is 30.8. The number of hydrogen-bond donors (Lipinski definition) is 2. The molecule has 0 aliphatic carbocycles. The van der Waals surface area contributed by atoms with E-state index < -0.39 is 5.83 Å². The van der Waals surface area contributed by atoms with Gasteiger partial charge in [0.1, 0.15) is 17.3 Å². The molecule has 1 fully saturated rings. The van der Waals surface area contributed by atoms with Crippen LogP contribution in [0.3, 0.4) is 0 Å². The topological polar surface area (TPSA) is 94.6 Å². The van der Waals surface area contributed by atoms with Gasteiger partial charge < -0.3 is 24.8 Å². The van der Waals surface area contributed by atoms with Gasteiger partial charge in [-0.2, -0.15) is 0 Å². The molecule has 1 aromatic heterocycles. The fourth-order valence-corrected chi connectivity index (χ4v) is 3.73. The van der Waals surface area contributed by atoms with Crippen molar-refractivity contribution >= 4 is 47.0 Å². The number of amides is 1. The molecule has 170 valence electrons. The van der Waals surface area contributed by atoms with E-state index in [2.05, 4.69) is 27.2 Å². The van der Waals surface area contributed by atoms with Crippen molar-refractivity contribution in [2.75, 3.05) is 32.8 Å². The van der Waals surface area contributed by atoms with E-state index in [0.717, 1.165) is 0 Å². The quantitative estimate of drug-likeness (QED) is 0.553. The average molecular weight is 483 g/mol. The van der Waals surface area contributed by atoms with Crippen LogP contribution in [-0.4, -0.2) is 55.4 Å². The zero-order valence-electron chi connectivity index (χ0n) is 17.3. The van der Waals surface area contributed by atoms with Crippen molar-refractivity contribution in [3.8, 4) is 11.5 Å². The zero-order valence-corrected chi connectivity index (χ0v) is 18.8. The van der Waals surface area contributed by atoms with E-state index >= 15 is 4.39 Å². The van der Waals surface area contributed by atoms with Crippen LogP contribution < -0.4 is 20.1 Å². The highest BCUT2D eigenvalue weighted by atomic mass is 35.5. The van der Waals surface area contributed by atoms with Gasteiger partial charge in [-0.05, 0) is 12.2 Å². The lowest BCUT2D eigenvalue weighted by molar-refractivity contribution is -0.117. The van der Waals surface area contributed by atoms with E-state index in [0.29, 0.717) is 24.7 Å². The molecule has 2 heterocycles. The molecule has 2 atom stereocenters. The Labute approximate surface area is 194 Å². The Morgan fingerprint density at radius 3 is 2.34 bits per heavy atom. The molecule has 1 amide bonds. The summed E-state index contributed by atoms with van der Waals surface area (Å²) in [6.45, 7) is 4.16. The smallest absolute Gasteiger partial charge is 0.243 e. The second-order valence-electron chi connectivity index (χ2n) is 6.72. The third kappa shape index (κ3) is 5.29. The van der Waals surface area contributed by atoms with Crippen LogP contribution >= 0.6 is 23.2 Å². The number of anilines is 1. The predicted molar refractivity (Wildman–Crippen MR) is 121 cm³/mol. The van der Waals surface area contributed by atoms with Gasteiger partial charge in [-0.3, -0.25) is 4.79 Å². The van der Waals surface area contributed by atoms with Crippen LogP contribution in [0.15, 0.2) is 31.1 Å². The number of nitrogens with one attached hydrogen (secondary N) is 2. The number of nitrogens with zero attached hydrogens (tertiary/aromatic N) is 2. The van der Waals surface area contributed by atoms with Gasteiger partial charge in [0.25, 0.3) is 0 Å². The molecular weight excluding hydrogens is 462 g/mol. The Morgan fingerprint density at radius 1 is 1.19 bits per heavy atom. The van der Waals surface area contributed by atoms with Crippen LogP contribution in [0.1, 0.15) is 11.1 Å². The van der Waals surface area contributed by atoms with Crippen LogP contribution in [0.4, 0.5) is 10.3 Å². The summed E-state index contributed by atoms with van der Waals surface area (Å²) in [5, 5.41) is 5.90. The number of aromatic nitrogens is 2. The molecule has 2 aromatic rings. The van der Waals surface area contributed by atoms with Crippen molar-refractivity contribution in [2.24, 2.45) is 0 Å². The maximum atomic E-state index is 15.1. The first-order valence-electron chi connectivity index (χ1n) is 9.44. The Balaban J connectivity index is 1.78. The molecule has 1 unspecified atom stereocenters. The Hall–Kier alpha value is -2.88. The number of carbonyl (C=O) groups excluding carboxylic acids is 1. The first kappa shape index (κ1) is 23.8. The van der Waals surface area contributed by atoms with Crippen LogP contribution in [0.5, 0.6) is 11.5 Å². The minimum Gasteiger partial charge on any atom is -0.495 e. The summed E-state index contributed by atoms with van der Waals surface area (Å²) >= 11 is 12.5. The molecule has 1 aliphatic heterocycles. The normalized spacial score (nSPS) is 18.2. The van der Waals surface area contributed by atoms with E-state index in [1.807, 2.05) is 0 Å². The largest absolute Gasteiger partial charge is 0.495 e. The highest BCUT2D eigenvalue weighted by molar-refractivity contribution is 6.39. The Kier molecular flexibility index (Phi) is 7.89. The number of benzene rings is 1. The molecule has 0 bridgehead atoms. The number of rotatable bonds is 8. The number of halogens is 3. The Bertz CT molecular complexity index is 1010. The second kappa shape index (κ2) is 10.6. The molecule has 0 radical (unpaired) electrons. The molecule has 3 rings (SSSR count). The van der Waals surface area contributed by atoms with Gasteiger partial charge in [0.15, 0.2) is 0 Å². The first-order valence-corrected chi connectivity index (χ1v) is 10.2. The molecule has 32 heavy (non-hydrogen) atoms. The van der Waals surface area contributed by atoms with Gasteiger partial charge in [-0.15, -0.1) is 0 Å². The third-order valence-corrected chi connectivity index (χ3v) is 5.44. The highest BCUT2D eigenvalue weighted by Gasteiger charge is 2.29. The SMILES string of the molecule is C=CC(=O)NC1COC[C@H]1Nc1ncc(/C=C(\F)c2c(Cl)c(OC)cc(OC)c2Cl)cn1. The standard InChI is InChI=1S/C21H21Cl2FN4O4/c1-4-17(29)27-13-9-32-10-14(13)28-21-25-7-11(8-26-21)5-12(24)18-19(22)15(30-2)6-16(31-3)20(18)23/h4-8,13-14H,1,9-10H2,2-3H3,(H,27,29)(H,25,26,28)/b12-5-/t13?,14-/m1/s1. The van der Waals surface area contributed by atoms with Gasteiger partial charge in [0, 0.05) is 24.0 Å². The van der Waals surface area contributed by atoms with Crippen molar-refractivity contribution < 1.29 is 23.4 Å². The lowest BCUT2D eigenvalue weighted by Crippen LogP contribution is -2.45. The zero-order chi connectivity index (χ0) is 23.3. The monoisotopic (exact) mass is 482 g/mol. The summed E-state index contributed by atoms with van der Waals surface area (Å²) in [6, 6.07) is 0.995. The lowest BCUT2D eigenvalue weighted by Gasteiger charge is -2.19. The first-order chi connectivity index (χ1) is 15.4. The second-order valence-corrected chi connectivity index (χ2v) is 7.48. The van der Waals surface area contributed by atoms with Gasteiger partial charge in [0.2, 0.25) is 11.9 Å². The summed E-state index contributed by atoms with van der Waals surface area (Å²) in [5.41, 5.74) is 0.316. The van der Waals surface area contributed by atoms with Gasteiger partial charge >= 0.3 is 0 Å². The van der Waals surface area contributed by atoms with E-state index in [4.69, 9.17) is 37.4 Å². The van der Waals surface area contributed by atoms with Crippen LogP contribution in [0, 0.1) is 0 Å². The van der Waals surface area contributed by atoms with Crippen LogP contribution in [-0.2, 0) is 9.53 Å².